The second-order valence-corrected chi connectivity index (χ2v) is 9.67. The first-order valence-corrected chi connectivity index (χ1v) is 11.3. The van der Waals surface area contributed by atoms with E-state index >= 15 is 0 Å². The van der Waals surface area contributed by atoms with Gasteiger partial charge in [0.1, 0.15) is 0 Å². The van der Waals surface area contributed by atoms with E-state index in [1.807, 2.05) is 62.9 Å². The maximum Gasteiger partial charge on any atom is 0.243 e. The molecule has 29 heavy (non-hydrogen) atoms. The topological polar surface area (TPSA) is 69.7 Å². The zero-order valence-corrected chi connectivity index (χ0v) is 18.3. The maximum absolute atomic E-state index is 13.0. The molecule has 1 aliphatic heterocycles. The van der Waals surface area contributed by atoms with Crippen LogP contribution in [0.1, 0.15) is 22.3 Å². The number of sulfonamides is 1. The van der Waals surface area contributed by atoms with Gasteiger partial charge in [-0.2, -0.15) is 4.31 Å². The van der Waals surface area contributed by atoms with Crippen molar-refractivity contribution in [3.63, 3.8) is 0 Å². The molecule has 1 heterocycles. The fourth-order valence-electron chi connectivity index (χ4n) is 3.65. The minimum atomic E-state index is -3.52. The highest BCUT2D eigenvalue weighted by molar-refractivity contribution is 7.89. The Morgan fingerprint density at radius 3 is 2.17 bits per heavy atom. The van der Waals surface area contributed by atoms with Gasteiger partial charge in [0.25, 0.3) is 0 Å². The molecule has 1 amide bonds. The third-order valence-corrected chi connectivity index (χ3v) is 7.45. The van der Waals surface area contributed by atoms with E-state index in [0.717, 1.165) is 27.9 Å². The van der Waals surface area contributed by atoms with Crippen molar-refractivity contribution in [3.8, 4) is 0 Å². The molecule has 7 heteroatoms. The van der Waals surface area contributed by atoms with Crippen LogP contribution in [0.4, 0.5) is 5.69 Å². The van der Waals surface area contributed by atoms with Crippen LogP contribution in [0.5, 0.6) is 0 Å². The summed E-state index contributed by atoms with van der Waals surface area (Å²) in [6.45, 7) is 9.74. The number of hydrogen-bond acceptors (Lipinski definition) is 4. The first-order valence-electron chi connectivity index (χ1n) is 9.84. The van der Waals surface area contributed by atoms with Crippen LogP contribution < -0.4 is 5.32 Å². The molecule has 3 rings (SSSR count). The Hall–Kier alpha value is -2.22. The molecular weight excluding hydrogens is 386 g/mol. The normalized spacial score (nSPS) is 16.0. The Labute approximate surface area is 173 Å². The molecule has 6 nitrogen and oxygen atoms in total. The fraction of sp³-hybridized carbons (Fsp3) is 0.409. The molecule has 156 valence electrons. The minimum absolute atomic E-state index is 0.0757. The van der Waals surface area contributed by atoms with Crippen molar-refractivity contribution >= 4 is 21.6 Å². The molecule has 2 aromatic rings. The van der Waals surface area contributed by atoms with Gasteiger partial charge >= 0.3 is 0 Å². The van der Waals surface area contributed by atoms with Crippen LogP contribution in [0.3, 0.4) is 0 Å². The lowest BCUT2D eigenvalue weighted by Gasteiger charge is -2.33. The van der Waals surface area contributed by atoms with Crippen LogP contribution in [0, 0.1) is 27.7 Å². The van der Waals surface area contributed by atoms with Crippen LogP contribution in [0.25, 0.3) is 0 Å². The predicted molar refractivity (Wildman–Crippen MR) is 116 cm³/mol. The van der Waals surface area contributed by atoms with Crippen molar-refractivity contribution in [1.29, 1.82) is 0 Å². The van der Waals surface area contributed by atoms with Gasteiger partial charge in [0.15, 0.2) is 0 Å². The molecule has 0 spiro atoms. The van der Waals surface area contributed by atoms with Gasteiger partial charge in [-0.15, -0.1) is 0 Å². The van der Waals surface area contributed by atoms with Gasteiger partial charge < -0.3 is 5.32 Å². The fourth-order valence-corrected chi connectivity index (χ4v) is 5.38. The molecule has 0 aromatic heterocycles. The summed E-state index contributed by atoms with van der Waals surface area (Å²) in [7, 11) is -3.52. The number of para-hydroxylation sites is 1. The number of hydrogen-bond donors (Lipinski definition) is 1. The molecule has 1 N–H and O–H groups in total. The zero-order valence-electron chi connectivity index (χ0n) is 17.5. The molecule has 1 saturated heterocycles. The molecule has 1 fully saturated rings. The van der Waals surface area contributed by atoms with Gasteiger partial charge in [-0.3, -0.25) is 9.69 Å². The minimum Gasteiger partial charge on any atom is -0.324 e. The van der Waals surface area contributed by atoms with E-state index < -0.39 is 10.0 Å². The van der Waals surface area contributed by atoms with E-state index in [0.29, 0.717) is 31.1 Å². The Kier molecular flexibility index (Phi) is 6.41. The van der Waals surface area contributed by atoms with Gasteiger partial charge in [-0.05, 0) is 56.0 Å². The molecule has 2 aromatic carbocycles. The summed E-state index contributed by atoms with van der Waals surface area (Å²) in [5.41, 5.74) is 4.60. The number of carbonyl (C=O) groups is 1. The summed E-state index contributed by atoms with van der Waals surface area (Å²) in [6.07, 6.45) is 0. The summed E-state index contributed by atoms with van der Waals surface area (Å²) >= 11 is 0. The van der Waals surface area contributed by atoms with E-state index in [4.69, 9.17) is 0 Å². The van der Waals surface area contributed by atoms with Gasteiger partial charge in [-0.25, -0.2) is 8.42 Å². The summed E-state index contributed by atoms with van der Waals surface area (Å²) in [5, 5.41) is 2.99. The number of piperazine rings is 1. The average Bonchev–Trinajstić information content (AvgIpc) is 2.67. The Bertz CT molecular complexity index is 990. The first-order chi connectivity index (χ1) is 13.7. The van der Waals surface area contributed by atoms with Crippen LogP contribution >= 0.6 is 0 Å². The summed E-state index contributed by atoms with van der Waals surface area (Å²) in [6, 6.07) is 11.4. The first kappa shape index (κ1) is 21.5. The van der Waals surface area contributed by atoms with Gasteiger partial charge in [-0.1, -0.05) is 30.3 Å². The SMILES string of the molecule is Cc1ccc(C)c(S(=O)(=O)N2CCN(CC(=O)Nc3c(C)cccc3C)CC2)c1. The van der Waals surface area contributed by atoms with E-state index in [2.05, 4.69) is 5.32 Å². The molecular formula is C22H29N3O3S. The molecule has 0 atom stereocenters. The summed E-state index contributed by atoms with van der Waals surface area (Å²) in [5.74, 6) is -0.0757. The lowest BCUT2D eigenvalue weighted by Crippen LogP contribution is -2.50. The number of nitrogens with one attached hydrogen (secondary N) is 1. The zero-order chi connectivity index (χ0) is 21.2. The van der Waals surface area contributed by atoms with Gasteiger partial charge in [0.2, 0.25) is 15.9 Å². The van der Waals surface area contributed by atoms with Crippen LogP contribution in [-0.4, -0.2) is 56.3 Å². The highest BCUT2D eigenvalue weighted by Gasteiger charge is 2.30. The van der Waals surface area contributed by atoms with Crippen LogP contribution in [0.2, 0.25) is 0 Å². The van der Waals surface area contributed by atoms with E-state index in [1.165, 1.54) is 4.31 Å². The highest BCUT2D eigenvalue weighted by Crippen LogP contribution is 2.23. The highest BCUT2D eigenvalue weighted by atomic mass is 32.2. The van der Waals surface area contributed by atoms with E-state index in [-0.39, 0.29) is 12.5 Å². The predicted octanol–water partition coefficient (Wildman–Crippen LogP) is 2.87. The number of benzene rings is 2. The Balaban J connectivity index is 1.60. The van der Waals surface area contributed by atoms with Crippen molar-refractivity contribution in [2.45, 2.75) is 32.6 Å². The third kappa shape index (κ3) is 4.86. The van der Waals surface area contributed by atoms with Gasteiger partial charge in [0.05, 0.1) is 11.4 Å². The third-order valence-electron chi connectivity index (χ3n) is 5.41. The van der Waals surface area contributed by atoms with Crippen LogP contribution in [0.15, 0.2) is 41.3 Å². The number of anilines is 1. The Morgan fingerprint density at radius 1 is 0.931 bits per heavy atom. The van der Waals surface area contributed by atoms with E-state index in [1.54, 1.807) is 6.07 Å². The van der Waals surface area contributed by atoms with Gasteiger partial charge in [0, 0.05) is 31.9 Å². The molecule has 0 aliphatic carbocycles. The van der Waals surface area contributed by atoms with E-state index in [9.17, 15) is 13.2 Å². The largest absolute Gasteiger partial charge is 0.324 e. The number of rotatable bonds is 5. The molecule has 0 radical (unpaired) electrons. The average molecular weight is 416 g/mol. The molecule has 0 unspecified atom stereocenters. The summed E-state index contributed by atoms with van der Waals surface area (Å²) in [4.78, 5) is 14.9. The lowest BCUT2D eigenvalue weighted by atomic mass is 10.1. The molecule has 1 aliphatic rings. The maximum atomic E-state index is 13.0. The quantitative estimate of drug-likeness (QED) is 0.815. The molecule has 0 bridgehead atoms. The van der Waals surface area contributed by atoms with Crippen molar-refractivity contribution in [2.24, 2.45) is 0 Å². The monoisotopic (exact) mass is 415 g/mol. The standard InChI is InChI=1S/C22H29N3O3S/c1-16-8-9-17(2)20(14-16)29(27,28)25-12-10-24(11-13-25)15-21(26)23-22-18(3)6-5-7-19(22)4/h5-9,14H,10-13,15H2,1-4H3,(H,23,26). The number of carbonyl (C=O) groups excluding carboxylic acids is 1. The van der Waals surface area contributed by atoms with Crippen molar-refractivity contribution in [3.05, 3.63) is 58.7 Å². The number of aryl methyl sites for hydroxylation is 4. The Morgan fingerprint density at radius 2 is 1.55 bits per heavy atom. The second-order valence-electron chi connectivity index (χ2n) is 7.76. The van der Waals surface area contributed by atoms with Crippen LogP contribution in [-0.2, 0) is 14.8 Å². The van der Waals surface area contributed by atoms with Crippen molar-refractivity contribution < 1.29 is 13.2 Å². The number of amides is 1. The second kappa shape index (κ2) is 8.65. The smallest absolute Gasteiger partial charge is 0.243 e. The summed E-state index contributed by atoms with van der Waals surface area (Å²) < 4.78 is 27.6. The molecule has 0 saturated carbocycles. The van der Waals surface area contributed by atoms with Crippen molar-refractivity contribution in [2.75, 3.05) is 38.0 Å². The number of nitrogens with zero attached hydrogens (tertiary/aromatic N) is 2. The lowest BCUT2D eigenvalue weighted by molar-refractivity contribution is -0.117. The van der Waals surface area contributed by atoms with Crippen molar-refractivity contribution in [1.82, 2.24) is 9.21 Å².